The van der Waals surface area contributed by atoms with Gasteiger partial charge in [0.15, 0.2) is 0 Å². The fourth-order valence-corrected chi connectivity index (χ4v) is 3.33. The zero-order valence-electron chi connectivity index (χ0n) is 11.1. The summed E-state index contributed by atoms with van der Waals surface area (Å²) >= 11 is 0. The van der Waals surface area contributed by atoms with Crippen molar-refractivity contribution in [3.63, 3.8) is 0 Å². The summed E-state index contributed by atoms with van der Waals surface area (Å²) in [5, 5.41) is 4.91. The molecule has 1 aliphatic rings. The Morgan fingerprint density at radius 1 is 1.18 bits per heavy atom. The molecule has 0 amide bonds. The summed E-state index contributed by atoms with van der Waals surface area (Å²) in [7, 11) is 4.28. The van der Waals surface area contributed by atoms with Gasteiger partial charge in [0.2, 0.25) is 0 Å². The quantitative estimate of drug-likeness (QED) is 0.793. The third kappa shape index (κ3) is 1.37. The van der Waals surface area contributed by atoms with E-state index in [9.17, 15) is 0 Å². The van der Waals surface area contributed by atoms with E-state index in [2.05, 4.69) is 50.0 Å². The van der Waals surface area contributed by atoms with Crippen LogP contribution < -0.4 is 5.32 Å². The van der Waals surface area contributed by atoms with Crippen LogP contribution in [0.5, 0.6) is 0 Å². The average molecular weight is 228 g/mol. The first-order chi connectivity index (χ1) is 8.13. The molecule has 0 spiro atoms. The van der Waals surface area contributed by atoms with Gasteiger partial charge in [-0.3, -0.25) is 0 Å². The van der Waals surface area contributed by atoms with E-state index in [0.717, 1.165) is 6.42 Å². The van der Waals surface area contributed by atoms with Gasteiger partial charge in [-0.2, -0.15) is 0 Å². The Morgan fingerprint density at radius 2 is 1.88 bits per heavy atom. The maximum atomic E-state index is 3.41. The molecular formula is C15H20N2. The minimum absolute atomic E-state index is 0.621. The number of rotatable bonds is 1. The molecule has 0 saturated heterocycles. The molecule has 17 heavy (non-hydrogen) atoms. The summed E-state index contributed by atoms with van der Waals surface area (Å²) in [6.45, 7) is 4.45. The average Bonchev–Trinajstić information content (AvgIpc) is 2.84. The van der Waals surface area contributed by atoms with Gasteiger partial charge in [0.25, 0.3) is 0 Å². The van der Waals surface area contributed by atoms with E-state index in [1.165, 1.54) is 34.1 Å². The zero-order chi connectivity index (χ0) is 12.2. The maximum absolute atomic E-state index is 3.41. The van der Waals surface area contributed by atoms with E-state index in [-0.39, 0.29) is 0 Å². The number of nitrogens with zero attached hydrogens (tertiary/aromatic N) is 1. The first-order valence-electron chi connectivity index (χ1n) is 6.37. The molecule has 2 aromatic rings. The van der Waals surface area contributed by atoms with Crippen molar-refractivity contribution in [2.24, 2.45) is 7.05 Å². The van der Waals surface area contributed by atoms with E-state index < -0.39 is 0 Å². The third-order valence-electron chi connectivity index (χ3n) is 4.28. The first-order valence-corrected chi connectivity index (χ1v) is 6.37. The van der Waals surface area contributed by atoms with E-state index >= 15 is 0 Å². The van der Waals surface area contributed by atoms with Gasteiger partial charge >= 0.3 is 0 Å². The van der Waals surface area contributed by atoms with Crippen molar-refractivity contribution in [2.75, 3.05) is 7.05 Å². The fraction of sp³-hybridized carbons (Fsp3) is 0.467. The molecule has 90 valence electrons. The maximum Gasteiger partial charge on any atom is 0.0515 e. The Labute approximate surface area is 103 Å². The Bertz CT molecular complexity index is 593. The standard InChI is InChI=1S/C15H20N2/c1-9-5-6-10(2)15-14(9)12-7-11(16-3)8-13(12)17(15)4/h5-6,11,16H,7-8H2,1-4H3. The van der Waals surface area contributed by atoms with Crippen LogP contribution in [0.2, 0.25) is 0 Å². The zero-order valence-corrected chi connectivity index (χ0v) is 11.1. The lowest BCUT2D eigenvalue weighted by Gasteiger charge is -2.11. The summed E-state index contributed by atoms with van der Waals surface area (Å²) in [5.74, 6) is 0. The smallest absolute Gasteiger partial charge is 0.0515 e. The van der Waals surface area contributed by atoms with Gasteiger partial charge in [0.1, 0.15) is 0 Å². The number of likely N-dealkylation sites (N-methyl/N-ethyl adjacent to an activating group) is 1. The van der Waals surface area contributed by atoms with Crippen molar-refractivity contribution in [3.05, 3.63) is 34.5 Å². The summed E-state index contributed by atoms with van der Waals surface area (Å²) in [5.41, 5.74) is 7.34. The molecule has 0 fully saturated rings. The molecule has 1 N–H and O–H groups in total. The van der Waals surface area contributed by atoms with Crippen LogP contribution >= 0.6 is 0 Å². The van der Waals surface area contributed by atoms with Gasteiger partial charge in [0, 0.05) is 30.6 Å². The van der Waals surface area contributed by atoms with Gasteiger partial charge in [-0.1, -0.05) is 12.1 Å². The molecule has 0 aliphatic heterocycles. The second kappa shape index (κ2) is 3.61. The van der Waals surface area contributed by atoms with Crippen molar-refractivity contribution < 1.29 is 0 Å². The van der Waals surface area contributed by atoms with Crippen LogP contribution in [0.15, 0.2) is 12.1 Å². The predicted molar refractivity (Wildman–Crippen MR) is 72.6 cm³/mol. The fourth-order valence-electron chi connectivity index (χ4n) is 3.33. The predicted octanol–water partition coefficient (Wildman–Crippen LogP) is 2.48. The van der Waals surface area contributed by atoms with Crippen LogP contribution in [-0.2, 0) is 19.9 Å². The van der Waals surface area contributed by atoms with Crippen LogP contribution in [0.3, 0.4) is 0 Å². The van der Waals surface area contributed by atoms with Gasteiger partial charge in [-0.25, -0.2) is 0 Å². The number of fused-ring (bicyclic) bond motifs is 3. The Kier molecular flexibility index (Phi) is 2.30. The molecule has 0 saturated carbocycles. The van der Waals surface area contributed by atoms with Crippen molar-refractivity contribution >= 4 is 10.9 Å². The molecule has 0 bridgehead atoms. The van der Waals surface area contributed by atoms with Gasteiger partial charge in [-0.05, 0) is 44.0 Å². The Hall–Kier alpha value is -1.28. The molecule has 1 heterocycles. The minimum Gasteiger partial charge on any atom is -0.347 e. The van der Waals surface area contributed by atoms with Crippen LogP contribution in [0.4, 0.5) is 0 Å². The highest BCUT2D eigenvalue weighted by Crippen LogP contribution is 2.35. The lowest BCUT2D eigenvalue weighted by atomic mass is 10.0. The molecular weight excluding hydrogens is 208 g/mol. The number of nitrogens with one attached hydrogen (secondary N) is 1. The molecule has 1 unspecified atom stereocenters. The molecule has 2 heteroatoms. The minimum atomic E-state index is 0.621. The lowest BCUT2D eigenvalue weighted by Crippen LogP contribution is -2.25. The van der Waals surface area contributed by atoms with Crippen LogP contribution in [0.25, 0.3) is 10.9 Å². The van der Waals surface area contributed by atoms with Crippen molar-refractivity contribution in [3.8, 4) is 0 Å². The molecule has 1 atom stereocenters. The summed E-state index contributed by atoms with van der Waals surface area (Å²) in [4.78, 5) is 0. The number of hydrogen-bond acceptors (Lipinski definition) is 1. The third-order valence-corrected chi connectivity index (χ3v) is 4.28. The highest BCUT2D eigenvalue weighted by atomic mass is 15.0. The summed E-state index contributed by atoms with van der Waals surface area (Å²) in [6, 6.07) is 5.11. The second-order valence-corrected chi connectivity index (χ2v) is 5.30. The van der Waals surface area contributed by atoms with Gasteiger partial charge < -0.3 is 9.88 Å². The molecule has 1 aromatic carbocycles. The normalized spacial score (nSPS) is 18.9. The summed E-state index contributed by atoms with van der Waals surface area (Å²) < 4.78 is 2.41. The summed E-state index contributed by atoms with van der Waals surface area (Å²) in [6.07, 6.45) is 2.34. The second-order valence-electron chi connectivity index (χ2n) is 5.30. The molecule has 2 nitrogen and oxygen atoms in total. The van der Waals surface area contributed by atoms with Crippen LogP contribution in [0, 0.1) is 13.8 Å². The van der Waals surface area contributed by atoms with Gasteiger partial charge in [0.05, 0.1) is 5.52 Å². The molecule has 1 aromatic heterocycles. The van der Waals surface area contributed by atoms with Gasteiger partial charge in [-0.15, -0.1) is 0 Å². The highest BCUT2D eigenvalue weighted by molar-refractivity contribution is 5.91. The Balaban J connectivity index is 2.33. The SMILES string of the molecule is CNC1Cc2c(n(C)c3c(C)ccc(C)c23)C1. The van der Waals surface area contributed by atoms with Crippen molar-refractivity contribution in [2.45, 2.75) is 32.7 Å². The first kappa shape index (κ1) is 10.8. The number of aryl methyl sites for hydroxylation is 3. The lowest BCUT2D eigenvalue weighted by molar-refractivity contribution is 0.585. The number of aromatic nitrogens is 1. The van der Waals surface area contributed by atoms with Crippen LogP contribution in [0.1, 0.15) is 22.4 Å². The van der Waals surface area contributed by atoms with E-state index in [1.807, 2.05) is 0 Å². The molecule has 0 radical (unpaired) electrons. The van der Waals surface area contributed by atoms with Crippen LogP contribution in [-0.4, -0.2) is 17.7 Å². The topological polar surface area (TPSA) is 17.0 Å². The van der Waals surface area contributed by atoms with E-state index in [0.29, 0.717) is 6.04 Å². The largest absolute Gasteiger partial charge is 0.347 e. The monoisotopic (exact) mass is 228 g/mol. The molecule has 1 aliphatic carbocycles. The highest BCUT2D eigenvalue weighted by Gasteiger charge is 2.27. The molecule has 3 rings (SSSR count). The number of benzene rings is 1. The van der Waals surface area contributed by atoms with E-state index in [4.69, 9.17) is 0 Å². The van der Waals surface area contributed by atoms with E-state index in [1.54, 1.807) is 5.56 Å². The Morgan fingerprint density at radius 3 is 2.59 bits per heavy atom. The van der Waals surface area contributed by atoms with Crippen molar-refractivity contribution in [1.82, 2.24) is 9.88 Å². The van der Waals surface area contributed by atoms with Crippen molar-refractivity contribution in [1.29, 1.82) is 0 Å². The number of hydrogen-bond donors (Lipinski definition) is 1.